The van der Waals surface area contributed by atoms with E-state index in [2.05, 4.69) is 4.72 Å². The molecule has 5 heteroatoms. The third-order valence-corrected chi connectivity index (χ3v) is 4.04. The van der Waals surface area contributed by atoms with Crippen LogP contribution in [0.15, 0.2) is 47.9 Å². The zero-order valence-electron chi connectivity index (χ0n) is 11.8. The van der Waals surface area contributed by atoms with E-state index in [0.29, 0.717) is 0 Å². The molecular formula is C16H16FNO2S. The quantitative estimate of drug-likeness (QED) is 0.932. The number of sulfonamides is 1. The molecule has 0 atom stereocenters. The molecule has 21 heavy (non-hydrogen) atoms. The molecule has 1 N–H and O–H groups in total. The molecule has 0 aliphatic heterocycles. The van der Waals surface area contributed by atoms with Crippen molar-refractivity contribution < 1.29 is 12.8 Å². The Balaban J connectivity index is 2.19. The number of nitrogens with one attached hydrogen (secondary N) is 1. The van der Waals surface area contributed by atoms with Gasteiger partial charge in [0.2, 0.25) is 0 Å². The monoisotopic (exact) mass is 305 g/mol. The van der Waals surface area contributed by atoms with Gasteiger partial charge < -0.3 is 0 Å². The molecule has 0 aliphatic rings. The molecule has 0 spiro atoms. The second kappa shape index (κ2) is 6.10. The molecule has 3 nitrogen and oxygen atoms in total. The summed E-state index contributed by atoms with van der Waals surface area (Å²) in [6.45, 7) is 3.48. The van der Waals surface area contributed by atoms with E-state index in [0.717, 1.165) is 16.5 Å². The fourth-order valence-electron chi connectivity index (χ4n) is 1.75. The Labute approximate surface area is 124 Å². The molecule has 0 aromatic heterocycles. The Kier molecular flexibility index (Phi) is 4.43. The third kappa shape index (κ3) is 4.16. The van der Waals surface area contributed by atoms with Crippen molar-refractivity contribution in [2.45, 2.75) is 13.8 Å². The van der Waals surface area contributed by atoms with Gasteiger partial charge in [-0.2, -0.15) is 0 Å². The van der Waals surface area contributed by atoms with Crippen molar-refractivity contribution in [3.05, 3.63) is 70.4 Å². The maximum absolute atomic E-state index is 13.4. The van der Waals surface area contributed by atoms with Gasteiger partial charge >= 0.3 is 0 Å². The fraction of sp³-hybridized carbons (Fsp3) is 0.125. The van der Waals surface area contributed by atoms with Crippen LogP contribution in [0.25, 0.3) is 6.08 Å². The van der Waals surface area contributed by atoms with Crippen molar-refractivity contribution in [2.75, 3.05) is 4.72 Å². The first kappa shape index (κ1) is 15.3. The number of benzene rings is 2. The molecule has 0 radical (unpaired) electrons. The lowest BCUT2D eigenvalue weighted by atomic mass is 10.2. The lowest BCUT2D eigenvalue weighted by Crippen LogP contribution is -2.10. The smallest absolute Gasteiger partial charge is 0.255 e. The first-order chi connectivity index (χ1) is 9.87. The lowest BCUT2D eigenvalue weighted by Gasteiger charge is -2.08. The van der Waals surface area contributed by atoms with Crippen molar-refractivity contribution in [2.24, 2.45) is 0 Å². The van der Waals surface area contributed by atoms with Gasteiger partial charge in [0, 0.05) is 5.56 Å². The molecule has 2 aromatic carbocycles. The maximum Gasteiger partial charge on any atom is 0.255 e. The summed E-state index contributed by atoms with van der Waals surface area (Å²) in [7, 11) is -3.68. The van der Waals surface area contributed by atoms with Gasteiger partial charge in [-0.3, -0.25) is 4.72 Å². The third-order valence-electron chi connectivity index (χ3n) is 3.04. The van der Waals surface area contributed by atoms with Crippen LogP contribution in [-0.4, -0.2) is 8.42 Å². The zero-order chi connectivity index (χ0) is 15.5. The number of anilines is 1. The highest BCUT2D eigenvalue weighted by Crippen LogP contribution is 2.19. The standard InChI is InChI=1S/C16H16FNO2S/c1-12-6-8-14(9-7-12)10-11-21(19,20)18-16-5-3-4-15(17)13(16)2/h3-11,18H,1-2H3. The normalized spacial score (nSPS) is 11.8. The molecule has 0 heterocycles. The summed E-state index contributed by atoms with van der Waals surface area (Å²) in [5.41, 5.74) is 2.39. The minimum atomic E-state index is -3.68. The van der Waals surface area contributed by atoms with E-state index in [-0.39, 0.29) is 11.3 Å². The van der Waals surface area contributed by atoms with Crippen molar-refractivity contribution >= 4 is 21.8 Å². The number of aryl methyl sites for hydroxylation is 1. The molecule has 2 aromatic rings. The van der Waals surface area contributed by atoms with E-state index in [9.17, 15) is 12.8 Å². The summed E-state index contributed by atoms with van der Waals surface area (Å²) >= 11 is 0. The number of halogens is 1. The van der Waals surface area contributed by atoms with E-state index in [4.69, 9.17) is 0 Å². The van der Waals surface area contributed by atoms with Gasteiger partial charge in [-0.25, -0.2) is 12.8 Å². The predicted octanol–water partition coefficient (Wildman–Crippen LogP) is 3.86. The molecule has 0 amide bonds. The second-order valence-corrected chi connectivity index (χ2v) is 6.34. The van der Waals surface area contributed by atoms with Crippen LogP contribution in [0.3, 0.4) is 0 Å². The first-order valence-electron chi connectivity index (χ1n) is 6.40. The van der Waals surface area contributed by atoms with Gasteiger partial charge in [-0.1, -0.05) is 35.9 Å². The van der Waals surface area contributed by atoms with E-state index in [1.807, 2.05) is 31.2 Å². The van der Waals surface area contributed by atoms with E-state index >= 15 is 0 Å². The molecule has 0 bridgehead atoms. The predicted molar refractivity (Wildman–Crippen MR) is 83.9 cm³/mol. The zero-order valence-corrected chi connectivity index (χ0v) is 12.6. The van der Waals surface area contributed by atoms with Gasteiger partial charge in [0.05, 0.1) is 11.1 Å². The van der Waals surface area contributed by atoms with Gasteiger partial charge in [0.25, 0.3) is 10.0 Å². The number of rotatable bonds is 4. The summed E-state index contributed by atoms with van der Waals surface area (Å²) < 4.78 is 39.7. The van der Waals surface area contributed by atoms with E-state index < -0.39 is 15.8 Å². The highest BCUT2D eigenvalue weighted by atomic mass is 32.2. The van der Waals surface area contributed by atoms with Crippen LogP contribution in [0.1, 0.15) is 16.7 Å². The van der Waals surface area contributed by atoms with Gasteiger partial charge in [0.15, 0.2) is 0 Å². The molecule has 110 valence electrons. The lowest BCUT2D eigenvalue weighted by molar-refractivity contribution is 0.609. The van der Waals surface area contributed by atoms with Crippen molar-refractivity contribution in [3.8, 4) is 0 Å². The Morgan fingerprint density at radius 2 is 1.71 bits per heavy atom. The second-order valence-electron chi connectivity index (χ2n) is 4.77. The number of hydrogen-bond acceptors (Lipinski definition) is 2. The summed E-state index contributed by atoms with van der Waals surface area (Å²) in [5, 5.41) is 1.07. The molecule has 0 saturated heterocycles. The van der Waals surface area contributed by atoms with Crippen LogP contribution >= 0.6 is 0 Å². The highest BCUT2D eigenvalue weighted by Gasteiger charge is 2.09. The largest absolute Gasteiger partial charge is 0.280 e. The molecule has 0 aliphatic carbocycles. The van der Waals surface area contributed by atoms with Crippen LogP contribution in [0, 0.1) is 19.7 Å². The van der Waals surface area contributed by atoms with Crippen molar-refractivity contribution in [1.82, 2.24) is 0 Å². The van der Waals surface area contributed by atoms with Gasteiger partial charge in [0.1, 0.15) is 5.82 Å². The van der Waals surface area contributed by atoms with Crippen molar-refractivity contribution in [3.63, 3.8) is 0 Å². The van der Waals surface area contributed by atoms with Crippen molar-refractivity contribution in [1.29, 1.82) is 0 Å². The van der Waals surface area contributed by atoms with Crippen LogP contribution in [0.2, 0.25) is 0 Å². The van der Waals surface area contributed by atoms with Crippen LogP contribution in [0.5, 0.6) is 0 Å². The minimum absolute atomic E-state index is 0.239. The van der Waals surface area contributed by atoms with E-state index in [1.54, 1.807) is 0 Å². The highest BCUT2D eigenvalue weighted by molar-refractivity contribution is 7.95. The fourth-order valence-corrected chi connectivity index (χ4v) is 2.68. The molecule has 2 rings (SSSR count). The molecule has 0 saturated carbocycles. The van der Waals surface area contributed by atoms with Gasteiger partial charge in [-0.05, 0) is 37.6 Å². The molecule has 0 fully saturated rings. The Morgan fingerprint density at radius 1 is 1.05 bits per heavy atom. The SMILES string of the molecule is Cc1ccc(C=CS(=O)(=O)Nc2cccc(F)c2C)cc1. The Bertz CT molecular complexity index is 765. The minimum Gasteiger partial charge on any atom is -0.280 e. The molecule has 0 unspecified atom stereocenters. The van der Waals surface area contributed by atoms with E-state index in [1.165, 1.54) is 31.2 Å². The van der Waals surface area contributed by atoms with Crippen LogP contribution in [-0.2, 0) is 10.0 Å². The van der Waals surface area contributed by atoms with Crippen LogP contribution < -0.4 is 4.72 Å². The number of hydrogen-bond donors (Lipinski definition) is 1. The summed E-state index contributed by atoms with van der Waals surface area (Å²) in [5.74, 6) is -0.447. The Morgan fingerprint density at radius 3 is 2.38 bits per heavy atom. The average molecular weight is 305 g/mol. The topological polar surface area (TPSA) is 46.2 Å². The summed E-state index contributed by atoms with van der Waals surface area (Å²) in [6.07, 6.45) is 1.50. The Hall–Kier alpha value is -2.14. The summed E-state index contributed by atoms with van der Waals surface area (Å²) in [4.78, 5) is 0. The average Bonchev–Trinajstić information content (AvgIpc) is 2.43. The molecular weight excluding hydrogens is 289 g/mol. The first-order valence-corrected chi connectivity index (χ1v) is 7.95. The van der Waals surface area contributed by atoms with Crippen LogP contribution in [0.4, 0.5) is 10.1 Å². The van der Waals surface area contributed by atoms with Gasteiger partial charge in [-0.15, -0.1) is 0 Å². The summed E-state index contributed by atoms with van der Waals surface area (Å²) in [6, 6.07) is 11.7. The maximum atomic E-state index is 13.4.